The molecule has 6 heteroatoms. The van der Waals surface area contributed by atoms with Crippen LogP contribution in [0.1, 0.15) is 17.3 Å². The average Bonchev–Trinajstić information content (AvgIpc) is 2.80. The molecule has 1 N–H and O–H groups in total. The first-order chi connectivity index (χ1) is 8.83. The van der Waals surface area contributed by atoms with Gasteiger partial charge in [0, 0.05) is 24.3 Å². The van der Waals surface area contributed by atoms with E-state index in [0.29, 0.717) is 16.5 Å². The largest absolute Gasteiger partial charge is 0.308 e. The summed E-state index contributed by atoms with van der Waals surface area (Å²) >= 11 is 5.87. The van der Waals surface area contributed by atoms with Gasteiger partial charge in [0.15, 0.2) is 0 Å². The maximum atomic E-state index is 5.87. The minimum absolute atomic E-state index is 0.627. The van der Waals surface area contributed by atoms with E-state index in [1.54, 1.807) is 18.3 Å². The van der Waals surface area contributed by atoms with E-state index in [-0.39, 0.29) is 0 Å². The number of nitrogens with one attached hydrogen (secondary N) is 1. The standard InChI is InChI=1S/C12H10ClN5/c13-9-3-4-15-10(7-9)1-2-11-16-17-12-8-14-5-6-18(11)12/h3-4,7,14H,5-6,8H2. The molecule has 0 saturated carbocycles. The van der Waals surface area contributed by atoms with Gasteiger partial charge in [0.05, 0.1) is 6.54 Å². The monoisotopic (exact) mass is 259 g/mol. The number of pyridine rings is 1. The van der Waals surface area contributed by atoms with Crippen LogP contribution in [-0.4, -0.2) is 26.3 Å². The molecule has 0 bridgehead atoms. The Hall–Kier alpha value is -1.90. The van der Waals surface area contributed by atoms with Crippen molar-refractivity contribution in [3.8, 4) is 11.8 Å². The van der Waals surface area contributed by atoms with Crippen LogP contribution in [-0.2, 0) is 13.1 Å². The fraction of sp³-hybridized carbons (Fsp3) is 0.250. The summed E-state index contributed by atoms with van der Waals surface area (Å²) in [5.41, 5.74) is 0.633. The van der Waals surface area contributed by atoms with Crippen LogP contribution in [0.25, 0.3) is 0 Å². The summed E-state index contributed by atoms with van der Waals surface area (Å²) in [5.74, 6) is 7.53. The first-order valence-electron chi connectivity index (χ1n) is 5.59. The van der Waals surface area contributed by atoms with E-state index in [9.17, 15) is 0 Å². The number of fused-ring (bicyclic) bond motifs is 1. The second-order valence-corrected chi connectivity index (χ2v) is 4.31. The summed E-state index contributed by atoms with van der Waals surface area (Å²) < 4.78 is 2.02. The van der Waals surface area contributed by atoms with Crippen molar-refractivity contribution in [2.45, 2.75) is 13.1 Å². The molecule has 3 heterocycles. The molecule has 0 unspecified atom stereocenters. The van der Waals surface area contributed by atoms with Crippen LogP contribution in [0.5, 0.6) is 0 Å². The van der Waals surface area contributed by atoms with Crippen LogP contribution in [0.4, 0.5) is 0 Å². The molecule has 2 aromatic rings. The summed E-state index contributed by atoms with van der Waals surface area (Å²) in [7, 11) is 0. The van der Waals surface area contributed by atoms with Crippen molar-refractivity contribution in [2.75, 3.05) is 6.54 Å². The van der Waals surface area contributed by atoms with Crippen molar-refractivity contribution >= 4 is 11.6 Å². The van der Waals surface area contributed by atoms with Gasteiger partial charge in [-0.1, -0.05) is 11.6 Å². The van der Waals surface area contributed by atoms with E-state index in [0.717, 1.165) is 25.5 Å². The second-order valence-electron chi connectivity index (χ2n) is 3.88. The number of halogens is 1. The highest BCUT2D eigenvalue weighted by Gasteiger charge is 2.13. The average molecular weight is 260 g/mol. The van der Waals surface area contributed by atoms with Crippen LogP contribution >= 0.6 is 11.6 Å². The lowest BCUT2D eigenvalue weighted by atomic mass is 10.3. The van der Waals surface area contributed by atoms with E-state index in [4.69, 9.17) is 11.6 Å². The Morgan fingerprint density at radius 3 is 3.17 bits per heavy atom. The third-order valence-electron chi connectivity index (χ3n) is 2.65. The fourth-order valence-corrected chi connectivity index (χ4v) is 1.94. The van der Waals surface area contributed by atoms with E-state index in [1.165, 1.54) is 0 Å². The minimum atomic E-state index is 0.627. The Labute approximate surface area is 109 Å². The summed E-state index contributed by atoms with van der Waals surface area (Å²) in [6, 6.07) is 3.45. The lowest BCUT2D eigenvalue weighted by Crippen LogP contribution is -2.28. The van der Waals surface area contributed by atoms with Crippen molar-refractivity contribution < 1.29 is 0 Å². The van der Waals surface area contributed by atoms with Gasteiger partial charge in [-0.2, -0.15) is 0 Å². The van der Waals surface area contributed by atoms with Gasteiger partial charge in [-0.05, 0) is 24.0 Å². The molecule has 18 heavy (non-hydrogen) atoms. The van der Waals surface area contributed by atoms with Gasteiger partial charge < -0.3 is 9.88 Å². The van der Waals surface area contributed by atoms with Crippen molar-refractivity contribution in [1.29, 1.82) is 0 Å². The first-order valence-corrected chi connectivity index (χ1v) is 5.97. The predicted molar refractivity (Wildman–Crippen MR) is 67.0 cm³/mol. The number of aromatic nitrogens is 4. The molecule has 2 aromatic heterocycles. The lowest BCUT2D eigenvalue weighted by molar-refractivity contribution is 0.503. The van der Waals surface area contributed by atoms with Crippen LogP contribution in [0.3, 0.4) is 0 Å². The van der Waals surface area contributed by atoms with Crippen LogP contribution in [0.15, 0.2) is 18.3 Å². The van der Waals surface area contributed by atoms with Crippen molar-refractivity contribution in [2.24, 2.45) is 0 Å². The number of nitrogens with zero attached hydrogens (tertiary/aromatic N) is 4. The Morgan fingerprint density at radius 1 is 1.33 bits per heavy atom. The second kappa shape index (κ2) is 4.77. The Morgan fingerprint density at radius 2 is 2.28 bits per heavy atom. The third-order valence-corrected chi connectivity index (χ3v) is 2.88. The molecule has 0 aliphatic carbocycles. The van der Waals surface area contributed by atoms with Gasteiger partial charge in [-0.3, -0.25) is 0 Å². The zero-order valence-electron chi connectivity index (χ0n) is 9.52. The number of rotatable bonds is 0. The Balaban J connectivity index is 1.91. The minimum Gasteiger partial charge on any atom is -0.308 e. The molecule has 5 nitrogen and oxygen atoms in total. The van der Waals surface area contributed by atoms with Crippen LogP contribution in [0, 0.1) is 11.8 Å². The van der Waals surface area contributed by atoms with E-state index >= 15 is 0 Å². The summed E-state index contributed by atoms with van der Waals surface area (Å²) in [6.45, 7) is 2.49. The number of hydrogen-bond donors (Lipinski definition) is 1. The maximum absolute atomic E-state index is 5.87. The van der Waals surface area contributed by atoms with Crippen LogP contribution < -0.4 is 5.32 Å². The molecule has 3 rings (SSSR count). The molecule has 0 aromatic carbocycles. The molecular weight excluding hydrogens is 250 g/mol. The quantitative estimate of drug-likeness (QED) is 0.712. The van der Waals surface area contributed by atoms with Gasteiger partial charge in [-0.25, -0.2) is 4.98 Å². The SMILES string of the molecule is Clc1ccnc(C#Cc2nnc3n2CCNC3)c1. The number of hydrogen-bond acceptors (Lipinski definition) is 4. The zero-order valence-corrected chi connectivity index (χ0v) is 10.3. The van der Waals surface area contributed by atoms with Gasteiger partial charge >= 0.3 is 0 Å². The summed E-state index contributed by atoms with van der Waals surface area (Å²) in [6.07, 6.45) is 1.63. The molecule has 0 atom stereocenters. The molecule has 90 valence electrons. The summed E-state index contributed by atoms with van der Waals surface area (Å²) in [5, 5.41) is 12.0. The smallest absolute Gasteiger partial charge is 0.208 e. The molecule has 1 aliphatic heterocycles. The fourth-order valence-electron chi connectivity index (χ4n) is 1.78. The molecule has 0 saturated heterocycles. The molecular formula is C12H10ClN5. The van der Waals surface area contributed by atoms with Crippen LogP contribution in [0.2, 0.25) is 5.02 Å². The van der Waals surface area contributed by atoms with Crippen molar-refractivity contribution in [3.05, 3.63) is 40.7 Å². The topological polar surface area (TPSA) is 55.6 Å². The highest BCUT2D eigenvalue weighted by Crippen LogP contribution is 2.08. The highest BCUT2D eigenvalue weighted by molar-refractivity contribution is 6.30. The predicted octanol–water partition coefficient (Wildman–Crippen LogP) is 0.829. The van der Waals surface area contributed by atoms with Gasteiger partial charge in [0.1, 0.15) is 11.5 Å². The van der Waals surface area contributed by atoms with Gasteiger partial charge in [0.25, 0.3) is 0 Å². The van der Waals surface area contributed by atoms with E-state index in [2.05, 4.69) is 32.3 Å². The van der Waals surface area contributed by atoms with Gasteiger partial charge in [0.2, 0.25) is 5.82 Å². The van der Waals surface area contributed by atoms with E-state index < -0.39 is 0 Å². The first kappa shape index (κ1) is 11.2. The molecule has 0 spiro atoms. The lowest BCUT2D eigenvalue weighted by Gasteiger charge is -2.13. The Bertz CT molecular complexity index is 637. The molecule has 1 aliphatic rings. The van der Waals surface area contributed by atoms with E-state index in [1.807, 2.05) is 4.57 Å². The normalized spacial score (nSPS) is 13.6. The molecule has 0 radical (unpaired) electrons. The molecule has 0 fully saturated rings. The highest BCUT2D eigenvalue weighted by atomic mass is 35.5. The Kier molecular flexibility index (Phi) is 2.97. The van der Waals surface area contributed by atoms with Gasteiger partial charge in [-0.15, -0.1) is 10.2 Å². The third kappa shape index (κ3) is 2.21. The summed E-state index contributed by atoms with van der Waals surface area (Å²) in [4.78, 5) is 4.12. The maximum Gasteiger partial charge on any atom is 0.208 e. The van der Waals surface area contributed by atoms with Crippen molar-refractivity contribution in [1.82, 2.24) is 25.1 Å². The van der Waals surface area contributed by atoms with Crippen molar-refractivity contribution in [3.63, 3.8) is 0 Å². The molecule has 0 amide bonds. The zero-order chi connectivity index (χ0) is 12.4.